The van der Waals surface area contributed by atoms with Crippen LogP contribution in [0.2, 0.25) is 5.02 Å². The van der Waals surface area contributed by atoms with Crippen LogP contribution in [0, 0.1) is 17.0 Å². The second-order valence-corrected chi connectivity index (χ2v) is 4.62. The van der Waals surface area contributed by atoms with E-state index in [0.717, 1.165) is 11.8 Å². The molecule has 7 nitrogen and oxygen atoms in total. The first kappa shape index (κ1) is 15.0. The number of nitrogens with one attached hydrogen (secondary N) is 1. The van der Waals surface area contributed by atoms with E-state index in [1.807, 2.05) is 13.8 Å². The average Bonchev–Trinajstić information content (AvgIpc) is 2.43. The van der Waals surface area contributed by atoms with Gasteiger partial charge in [0.2, 0.25) is 5.95 Å². The molecule has 0 aliphatic heterocycles. The molecule has 0 spiro atoms. The molecule has 0 aliphatic carbocycles. The van der Waals surface area contributed by atoms with E-state index >= 15 is 0 Å². The Balaban J connectivity index is 2.43. The van der Waals surface area contributed by atoms with Crippen molar-refractivity contribution in [2.24, 2.45) is 0 Å². The molecule has 1 aromatic carbocycles. The van der Waals surface area contributed by atoms with Crippen molar-refractivity contribution in [3.8, 4) is 11.6 Å². The summed E-state index contributed by atoms with van der Waals surface area (Å²) < 4.78 is 5.55. The fourth-order valence-electron chi connectivity index (χ4n) is 1.59. The summed E-state index contributed by atoms with van der Waals surface area (Å²) in [6, 6.07) is 5.05. The zero-order chi connectivity index (χ0) is 15.4. The summed E-state index contributed by atoms with van der Waals surface area (Å²) in [5.74, 6) is 0.542. The van der Waals surface area contributed by atoms with Crippen LogP contribution in [0.25, 0.3) is 0 Å². The molecular formula is C13H13ClN4O3. The molecule has 1 aromatic heterocycles. The molecule has 0 radical (unpaired) electrons. The molecule has 0 saturated heterocycles. The van der Waals surface area contributed by atoms with Crippen LogP contribution >= 0.6 is 11.6 Å². The maximum atomic E-state index is 11.0. The fraction of sp³-hybridized carbons (Fsp3) is 0.231. The zero-order valence-corrected chi connectivity index (χ0v) is 12.2. The third-order valence-electron chi connectivity index (χ3n) is 2.62. The molecule has 1 heterocycles. The van der Waals surface area contributed by atoms with Gasteiger partial charge in [0.05, 0.1) is 4.92 Å². The molecule has 0 aliphatic rings. The first-order chi connectivity index (χ1) is 10.0. The number of nitrogens with zero attached hydrogens (tertiary/aromatic N) is 3. The first-order valence-electron chi connectivity index (χ1n) is 6.20. The van der Waals surface area contributed by atoms with E-state index in [9.17, 15) is 10.1 Å². The summed E-state index contributed by atoms with van der Waals surface area (Å²) in [7, 11) is 0. The number of rotatable bonds is 5. The van der Waals surface area contributed by atoms with E-state index < -0.39 is 4.92 Å². The van der Waals surface area contributed by atoms with E-state index in [0.29, 0.717) is 17.3 Å². The number of halogens is 1. The van der Waals surface area contributed by atoms with Crippen molar-refractivity contribution in [2.75, 3.05) is 11.9 Å². The molecule has 21 heavy (non-hydrogen) atoms. The molecule has 0 amide bonds. The highest BCUT2D eigenvalue weighted by Crippen LogP contribution is 2.32. The van der Waals surface area contributed by atoms with Gasteiger partial charge in [-0.05, 0) is 31.5 Å². The lowest BCUT2D eigenvalue weighted by atomic mass is 10.2. The number of nitro groups is 1. The van der Waals surface area contributed by atoms with Crippen molar-refractivity contribution in [3.05, 3.63) is 45.1 Å². The van der Waals surface area contributed by atoms with Gasteiger partial charge in [0, 0.05) is 11.6 Å². The summed E-state index contributed by atoms with van der Waals surface area (Å²) >= 11 is 5.91. The van der Waals surface area contributed by atoms with Crippen LogP contribution in [0.1, 0.15) is 12.5 Å². The van der Waals surface area contributed by atoms with Crippen LogP contribution < -0.4 is 10.1 Å². The summed E-state index contributed by atoms with van der Waals surface area (Å²) in [5.41, 5.74) is 0.480. The Morgan fingerprint density at radius 3 is 2.90 bits per heavy atom. The molecule has 8 heteroatoms. The average molecular weight is 309 g/mol. The number of anilines is 1. The molecule has 110 valence electrons. The predicted octanol–water partition coefficient (Wildman–Crippen LogP) is 3.57. The minimum absolute atomic E-state index is 0.128. The second kappa shape index (κ2) is 6.36. The Labute approximate surface area is 126 Å². The number of ether oxygens (including phenoxy) is 1. The van der Waals surface area contributed by atoms with E-state index in [1.54, 1.807) is 18.2 Å². The normalized spacial score (nSPS) is 10.2. The van der Waals surface area contributed by atoms with E-state index in [-0.39, 0.29) is 17.5 Å². The first-order valence-corrected chi connectivity index (χ1v) is 6.58. The lowest BCUT2D eigenvalue weighted by Gasteiger charge is -2.09. The third-order valence-corrected chi connectivity index (χ3v) is 2.86. The molecule has 0 atom stereocenters. The maximum Gasteiger partial charge on any atom is 0.349 e. The summed E-state index contributed by atoms with van der Waals surface area (Å²) in [6.07, 6.45) is 1.11. The maximum absolute atomic E-state index is 11.0. The number of aromatic nitrogens is 2. The van der Waals surface area contributed by atoms with Gasteiger partial charge in [0.25, 0.3) is 0 Å². The molecular weight excluding hydrogens is 296 g/mol. The van der Waals surface area contributed by atoms with Crippen LogP contribution in [0.15, 0.2) is 24.4 Å². The van der Waals surface area contributed by atoms with Gasteiger partial charge in [0.1, 0.15) is 11.9 Å². The molecule has 0 fully saturated rings. The summed E-state index contributed by atoms with van der Waals surface area (Å²) in [4.78, 5) is 18.3. The number of benzene rings is 1. The largest absolute Gasteiger partial charge is 0.433 e. The van der Waals surface area contributed by atoms with Crippen LogP contribution in [0.3, 0.4) is 0 Å². The van der Waals surface area contributed by atoms with E-state index in [1.165, 1.54) is 0 Å². The molecule has 0 unspecified atom stereocenters. The van der Waals surface area contributed by atoms with E-state index in [2.05, 4.69) is 15.3 Å². The molecule has 2 rings (SSSR count). The van der Waals surface area contributed by atoms with E-state index in [4.69, 9.17) is 16.3 Å². The second-order valence-electron chi connectivity index (χ2n) is 4.18. The van der Waals surface area contributed by atoms with Crippen LogP contribution in [0.5, 0.6) is 11.6 Å². The number of aryl methyl sites for hydroxylation is 1. The van der Waals surface area contributed by atoms with Crippen LogP contribution in [-0.2, 0) is 0 Å². The van der Waals surface area contributed by atoms with Gasteiger partial charge in [-0.3, -0.25) is 10.1 Å². The van der Waals surface area contributed by atoms with Gasteiger partial charge in [0.15, 0.2) is 0 Å². The topological polar surface area (TPSA) is 90.2 Å². The quantitative estimate of drug-likeness (QED) is 0.670. The summed E-state index contributed by atoms with van der Waals surface area (Å²) in [5, 5.41) is 14.4. The Kier molecular flexibility index (Phi) is 4.54. The van der Waals surface area contributed by atoms with Crippen LogP contribution in [0.4, 0.5) is 11.6 Å². The standard InChI is InChI=1S/C13H13ClN4O3/c1-3-15-13-16-7-10(18(19)20)12(17-13)21-11-6-9(14)5-4-8(11)2/h4-7H,3H2,1-2H3,(H,15,16,17). The highest BCUT2D eigenvalue weighted by molar-refractivity contribution is 6.30. The monoisotopic (exact) mass is 308 g/mol. The summed E-state index contributed by atoms with van der Waals surface area (Å²) in [6.45, 7) is 4.27. The Morgan fingerprint density at radius 1 is 1.48 bits per heavy atom. The van der Waals surface area contributed by atoms with Crippen molar-refractivity contribution in [1.82, 2.24) is 9.97 Å². The lowest BCUT2D eigenvalue weighted by molar-refractivity contribution is -0.386. The minimum atomic E-state index is -0.592. The number of hydrogen-bond donors (Lipinski definition) is 1. The molecule has 1 N–H and O–H groups in total. The number of hydrogen-bond acceptors (Lipinski definition) is 6. The van der Waals surface area contributed by atoms with Crippen molar-refractivity contribution in [3.63, 3.8) is 0 Å². The third kappa shape index (κ3) is 3.57. The van der Waals surface area contributed by atoms with Crippen molar-refractivity contribution in [1.29, 1.82) is 0 Å². The Morgan fingerprint density at radius 2 is 2.24 bits per heavy atom. The van der Waals surface area contributed by atoms with Gasteiger partial charge in [-0.15, -0.1) is 0 Å². The van der Waals surface area contributed by atoms with Gasteiger partial charge >= 0.3 is 11.6 Å². The molecule has 0 bridgehead atoms. The predicted molar refractivity (Wildman–Crippen MR) is 79.1 cm³/mol. The van der Waals surface area contributed by atoms with Gasteiger partial charge in [-0.25, -0.2) is 4.98 Å². The van der Waals surface area contributed by atoms with Crippen LogP contribution in [-0.4, -0.2) is 21.4 Å². The smallest absolute Gasteiger partial charge is 0.349 e. The molecule has 0 saturated carbocycles. The van der Waals surface area contributed by atoms with Crippen molar-refractivity contribution >= 4 is 23.2 Å². The van der Waals surface area contributed by atoms with Crippen molar-refractivity contribution in [2.45, 2.75) is 13.8 Å². The Bertz CT molecular complexity index is 678. The highest BCUT2D eigenvalue weighted by Gasteiger charge is 2.20. The fourth-order valence-corrected chi connectivity index (χ4v) is 1.75. The molecule has 2 aromatic rings. The Hall–Kier alpha value is -2.41. The minimum Gasteiger partial charge on any atom is -0.433 e. The SMILES string of the molecule is CCNc1ncc([N+](=O)[O-])c(Oc2cc(Cl)ccc2C)n1. The van der Waals surface area contributed by atoms with Gasteiger partial charge < -0.3 is 10.1 Å². The highest BCUT2D eigenvalue weighted by atomic mass is 35.5. The zero-order valence-electron chi connectivity index (χ0n) is 11.5. The lowest BCUT2D eigenvalue weighted by Crippen LogP contribution is -2.05. The van der Waals surface area contributed by atoms with Crippen molar-refractivity contribution < 1.29 is 9.66 Å². The van der Waals surface area contributed by atoms with Gasteiger partial charge in [-0.2, -0.15) is 4.98 Å². The van der Waals surface area contributed by atoms with Gasteiger partial charge in [-0.1, -0.05) is 17.7 Å².